The van der Waals surface area contributed by atoms with E-state index in [0.29, 0.717) is 60.1 Å². The van der Waals surface area contributed by atoms with Gasteiger partial charge >= 0.3 is 0 Å². The van der Waals surface area contributed by atoms with Crippen LogP contribution in [-0.2, 0) is 11.3 Å². The Balaban J connectivity index is 2.06. The topological polar surface area (TPSA) is 97.3 Å². The number of rotatable bonds is 6. The van der Waals surface area contributed by atoms with Crippen LogP contribution in [0.25, 0.3) is 11.6 Å². The first-order chi connectivity index (χ1) is 13.7. The molecule has 1 aliphatic rings. The molecule has 0 atom stereocenters. The van der Waals surface area contributed by atoms with Crippen LogP contribution in [0, 0.1) is 22.7 Å². The van der Waals surface area contributed by atoms with Gasteiger partial charge in [0.1, 0.15) is 30.0 Å². The number of ether oxygens (including phenoxy) is 3. The number of hydrogen-bond donors (Lipinski definition) is 0. The normalized spacial score (nSPS) is 13.0. The Bertz CT molecular complexity index is 1100. The Labute approximate surface area is 165 Å². The van der Waals surface area contributed by atoms with E-state index >= 15 is 0 Å². The maximum Gasteiger partial charge on any atom is 0.269 e. The van der Waals surface area contributed by atoms with Crippen molar-refractivity contribution in [3.63, 3.8) is 0 Å². The third kappa shape index (κ3) is 4.25. The van der Waals surface area contributed by atoms with Crippen LogP contribution >= 0.6 is 11.3 Å². The summed E-state index contributed by atoms with van der Waals surface area (Å²) >= 11 is 1.14. The maximum absolute atomic E-state index is 12.9. The zero-order valence-electron chi connectivity index (χ0n) is 15.4. The third-order valence-electron chi connectivity index (χ3n) is 4.08. The number of nitriles is 2. The fraction of sp³-hybridized carbons (Fsp3) is 0.350. The predicted octanol–water partition coefficient (Wildman–Crippen LogP) is 1.13. The molecule has 28 heavy (non-hydrogen) atoms. The van der Waals surface area contributed by atoms with Crippen LogP contribution in [0.4, 0.5) is 0 Å². The van der Waals surface area contributed by atoms with E-state index in [2.05, 4.69) is 0 Å². The van der Waals surface area contributed by atoms with Crippen molar-refractivity contribution in [2.24, 2.45) is 0 Å². The molecule has 0 amide bonds. The summed E-state index contributed by atoms with van der Waals surface area (Å²) in [5, 5.41) is 18.5. The molecule has 0 unspecified atom stereocenters. The summed E-state index contributed by atoms with van der Waals surface area (Å²) in [5.74, 6) is 1.31. The molecule has 0 fully saturated rings. The van der Waals surface area contributed by atoms with Crippen LogP contribution in [0.1, 0.15) is 18.9 Å². The van der Waals surface area contributed by atoms with Crippen LogP contribution in [0.5, 0.6) is 11.5 Å². The molecule has 1 aromatic heterocycles. The summed E-state index contributed by atoms with van der Waals surface area (Å²) in [6, 6.07) is 9.21. The molecule has 2 heterocycles. The van der Waals surface area contributed by atoms with Gasteiger partial charge in [0.05, 0.1) is 4.53 Å². The molecule has 0 radical (unpaired) electrons. The molecule has 7 nitrogen and oxygen atoms in total. The van der Waals surface area contributed by atoms with Crippen molar-refractivity contribution >= 4 is 23.0 Å². The van der Waals surface area contributed by atoms with Gasteiger partial charge in [0.2, 0.25) is 0 Å². The van der Waals surface area contributed by atoms with Crippen molar-refractivity contribution in [1.82, 2.24) is 4.57 Å². The van der Waals surface area contributed by atoms with Gasteiger partial charge in [0.15, 0.2) is 17.1 Å². The van der Waals surface area contributed by atoms with Gasteiger partial charge in [-0.15, -0.1) is 11.3 Å². The van der Waals surface area contributed by atoms with Gasteiger partial charge in [-0.05, 0) is 37.1 Å². The lowest BCUT2D eigenvalue weighted by Gasteiger charge is -2.18. The highest BCUT2D eigenvalue weighted by molar-refractivity contribution is 7.07. The quantitative estimate of drug-likeness (QED) is 0.678. The standard InChI is InChI=1S/C20H19N3O4S/c1-2-25-7-3-6-23-19(24)18(28-20(23)15(12-21)13-22)11-14-4-5-16-17(10-14)27-9-8-26-16/h4-5,10-11H,2-3,6-9H2,1H3. The van der Waals surface area contributed by atoms with Crippen molar-refractivity contribution in [2.45, 2.75) is 19.9 Å². The lowest BCUT2D eigenvalue weighted by molar-refractivity contribution is 0.141. The zero-order chi connectivity index (χ0) is 19.9. The third-order valence-corrected chi connectivity index (χ3v) is 5.21. The molecule has 144 valence electrons. The summed E-state index contributed by atoms with van der Waals surface area (Å²) in [6.45, 7) is 4.38. The van der Waals surface area contributed by atoms with E-state index in [-0.39, 0.29) is 11.1 Å². The van der Waals surface area contributed by atoms with Gasteiger partial charge in [-0.25, -0.2) is 0 Å². The van der Waals surface area contributed by atoms with Crippen LogP contribution in [0.3, 0.4) is 0 Å². The van der Waals surface area contributed by atoms with E-state index in [1.807, 2.05) is 31.2 Å². The van der Waals surface area contributed by atoms with Gasteiger partial charge in [0.25, 0.3) is 5.56 Å². The Morgan fingerprint density at radius 1 is 1.29 bits per heavy atom. The van der Waals surface area contributed by atoms with E-state index in [1.54, 1.807) is 12.1 Å². The van der Waals surface area contributed by atoms with Gasteiger partial charge < -0.3 is 14.2 Å². The van der Waals surface area contributed by atoms with Gasteiger partial charge in [-0.3, -0.25) is 9.36 Å². The van der Waals surface area contributed by atoms with Crippen LogP contribution in [0.2, 0.25) is 0 Å². The van der Waals surface area contributed by atoms with Gasteiger partial charge in [-0.2, -0.15) is 10.5 Å². The molecule has 0 saturated heterocycles. The summed E-state index contributed by atoms with van der Waals surface area (Å²) in [7, 11) is 0. The van der Waals surface area contributed by atoms with Crippen molar-refractivity contribution in [3.05, 3.63) is 43.3 Å². The first-order valence-corrected chi connectivity index (χ1v) is 9.72. The second-order valence-electron chi connectivity index (χ2n) is 5.92. The number of fused-ring (bicyclic) bond motifs is 1. The molecule has 0 bridgehead atoms. The molecule has 3 rings (SSSR count). The van der Waals surface area contributed by atoms with Crippen molar-refractivity contribution in [1.29, 1.82) is 10.5 Å². The van der Waals surface area contributed by atoms with E-state index in [1.165, 1.54) is 4.57 Å². The molecule has 0 saturated carbocycles. The summed E-state index contributed by atoms with van der Waals surface area (Å²) in [6.07, 6.45) is 2.35. The van der Waals surface area contributed by atoms with Crippen molar-refractivity contribution in [2.75, 3.05) is 26.4 Å². The second kappa shape index (κ2) is 9.23. The Morgan fingerprint density at radius 2 is 2.04 bits per heavy atom. The van der Waals surface area contributed by atoms with Crippen LogP contribution < -0.4 is 24.2 Å². The zero-order valence-corrected chi connectivity index (χ0v) is 16.3. The SMILES string of the molecule is CCOCCCn1c(=C(C#N)C#N)sc(=Cc2ccc3c(c2)OCCO3)c1=O. The molecule has 1 aliphatic heterocycles. The van der Waals surface area contributed by atoms with Gasteiger partial charge in [0, 0.05) is 19.8 Å². The molecule has 1 aromatic carbocycles. The first kappa shape index (κ1) is 19.7. The minimum absolute atomic E-state index is 0.0691. The monoisotopic (exact) mass is 397 g/mol. The highest BCUT2D eigenvalue weighted by atomic mass is 32.1. The molecule has 2 aromatic rings. The number of hydrogen-bond acceptors (Lipinski definition) is 7. The highest BCUT2D eigenvalue weighted by Gasteiger charge is 2.12. The largest absolute Gasteiger partial charge is 0.486 e. The van der Waals surface area contributed by atoms with E-state index in [4.69, 9.17) is 14.2 Å². The minimum Gasteiger partial charge on any atom is -0.486 e. The van der Waals surface area contributed by atoms with Gasteiger partial charge in [-0.1, -0.05) is 6.07 Å². The summed E-state index contributed by atoms with van der Waals surface area (Å²) in [4.78, 5) is 12.9. The van der Waals surface area contributed by atoms with E-state index in [0.717, 1.165) is 16.9 Å². The number of benzene rings is 1. The van der Waals surface area contributed by atoms with E-state index < -0.39 is 0 Å². The lowest BCUT2D eigenvalue weighted by atomic mass is 10.2. The van der Waals surface area contributed by atoms with Crippen LogP contribution in [0.15, 0.2) is 23.0 Å². The molecule has 0 N–H and O–H groups in total. The predicted molar refractivity (Wildman–Crippen MR) is 105 cm³/mol. The molecular weight excluding hydrogens is 378 g/mol. The van der Waals surface area contributed by atoms with Crippen molar-refractivity contribution < 1.29 is 14.2 Å². The fourth-order valence-corrected chi connectivity index (χ4v) is 3.88. The Kier molecular flexibility index (Phi) is 6.49. The van der Waals surface area contributed by atoms with E-state index in [9.17, 15) is 15.3 Å². The average Bonchev–Trinajstić information content (AvgIpc) is 3.02. The smallest absolute Gasteiger partial charge is 0.269 e. The highest BCUT2D eigenvalue weighted by Crippen LogP contribution is 2.30. The molecule has 0 spiro atoms. The Morgan fingerprint density at radius 3 is 2.75 bits per heavy atom. The number of nitrogens with zero attached hydrogens (tertiary/aromatic N) is 3. The lowest BCUT2D eigenvalue weighted by Crippen LogP contribution is -2.32. The number of thiazole rings is 1. The molecule has 8 heteroatoms. The van der Waals surface area contributed by atoms with Crippen LogP contribution in [-0.4, -0.2) is 31.0 Å². The maximum atomic E-state index is 12.9. The first-order valence-electron chi connectivity index (χ1n) is 8.91. The molecule has 0 aliphatic carbocycles. The average molecular weight is 397 g/mol. The van der Waals surface area contributed by atoms with Crippen molar-refractivity contribution in [3.8, 4) is 23.6 Å². The second-order valence-corrected chi connectivity index (χ2v) is 6.96. The molecular formula is C20H19N3O4S. The Hall–Kier alpha value is -3.07. The number of aromatic nitrogens is 1. The minimum atomic E-state index is -0.227. The fourth-order valence-electron chi connectivity index (χ4n) is 2.80. The summed E-state index contributed by atoms with van der Waals surface area (Å²) < 4.78 is 18.7. The summed E-state index contributed by atoms with van der Waals surface area (Å²) in [5.41, 5.74) is 0.487.